The molecule has 21 heavy (non-hydrogen) atoms. The summed E-state index contributed by atoms with van der Waals surface area (Å²) in [4.78, 5) is 4.14. The Bertz CT molecular complexity index is 587. The van der Waals surface area contributed by atoms with Gasteiger partial charge in [-0.05, 0) is 49.2 Å². The Balaban J connectivity index is 2.07. The molecule has 0 aliphatic heterocycles. The van der Waals surface area contributed by atoms with Crippen molar-refractivity contribution >= 4 is 0 Å². The number of nitrogens with one attached hydrogen (secondary N) is 1. The maximum Gasteiger partial charge on any atom is 0.212 e. The van der Waals surface area contributed by atoms with E-state index in [0.29, 0.717) is 24.3 Å². The molecule has 0 bridgehead atoms. The van der Waals surface area contributed by atoms with Crippen LogP contribution in [0.3, 0.4) is 0 Å². The van der Waals surface area contributed by atoms with Crippen LogP contribution in [0.15, 0.2) is 36.5 Å². The molecule has 0 aliphatic rings. The minimum absolute atomic E-state index is 0.00325. The monoisotopic (exact) mass is 292 g/mol. The highest BCUT2D eigenvalue weighted by Gasteiger charge is 2.12. The van der Waals surface area contributed by atoms with Gasteiger partial charge in [0, 0.05) is 18.3 Å². The predicted molar refractivity (Wildman–Crippen MR) is 77.4 cm³/mol. The third kappa shape index (κ3) is 4.23. The fourth-order valence-electron chi connectivity index (χ4n) is 2.18. The van der Waals surface area contributed by atoms with Gasteiger partial charge in [-0.3, -0.25) is 0 Å². The molecule has 1 aromatic heterocycles. The Hall–Kier alpha value is -2.01. The van der Waals surface area contributed by atoms with E-state index in [4.69, 9.17) is 4.74 Å². The molecular formula is C16H18F2N2O. The second-order valence-corrected chi connectivity index (χ2v) is 4.84. The molecule has 0 fully saturated rings. The van der Waals surface area contributed by atoms with Crippen molar-refractivity contribution in [1.82, 2.24) is 10.3 Å². The molecule has 3 nitrogen and oxygen atoms in total. The molecule has 1 unspecified atom stereocenters. The van der Waals surface area contributed by atoms with Gasteiger partial charge < -0.3 is 10.1 Å². The van der Waals surface area contributed by atoms with E-state index in [1.54, 1.807) is 26.4 Å². The van der Waals surface area contributed by atoms with Crippen LogP contribution in [0, 0.1) is 11.6 Å². The number of hydrogen-bond donors (Lipinski definition) is 1. The lowest BCUT2D eigenvalue weighted by Crippen LogP contribution is -2.30. The van der Waals surface area contributed by atoms with Crippen molar-refractivity contribution in [2.75, 3.05) is 14.2 Å². The lowest BCUT2D eigenvalue weighted by Gasteiger charge is -2.17. The third-order valence-corrected chi connectivity index (χ3v) is 3.37. The highest BCUT2D eigenvalue weighted by Crippen LogP contribution is 2.15. The molecule has 0 saturated heterocycles. The van der Waals surface area contributed by atoms with E-state index in [2.05, 4.69) is 10.3 Å². The minimum atomic E-state index is -0.424. The first-order chi connectivity index (χ1) is 10.1. The van der Waals surface area contributed by atoms with Crippen molar-refractivity contribution in [2.24, 2.45) is 0 Å². The molecular weight excluding hydrogens is 274 g/mol. The van der Waals surface area contributed by atoms with Gasteiger partial charge in [-0.15, -0.1) is 0 Å². The number of halogens is 2. The van der Waals surface area contributed by atoms with Crippen LogP contribution in [0.5, 0.6) is 5.88 Å². The van der Waals surface area contributed by atoms with E-state index >= 15 is 0 Å². The van der Waals surface area contributed by atoms with Crippen LogP contribution >= 0.6 is 0 Å². The third-order valence-electron chi connectivity index (χ3n) is 3.37. The highest BCUT2D eigenvalue weighted by atomic mass is 19.1. The van der Waals surface area contributed by atoms with Crippen molar-refractivity contribution in [1.29, 1.82) is 0 Å². The second kappa shape index (κ2) is 7.13. The zero-order valence-electron chi connectivity index (χ0n) is 12.1. The standard InChI is InChI=1S/C16H18F2N2O/c1-19-14(7-11-3-6-16(21-2)20-10-11)9-12-8-13(17)4-5-15(12)18/h3-6,8,10,14,19H,7,9H2,1-2H3. The summed E-state index contributed by atoms with van der Waals surface area (Å²) in [6, 6.07) is 7.22. The number of pyridine rings is 1. The van der Waals surface area contributed by atoms with Crippen molar-refractivity contribution < 1.29 is 13.5 Å². The normalized spacial score (nSPS) is 12.2. The molecule has 0 aliphatic carbocycles. The van der Waals surface area contributed by atoms with Gasteiger partial charge in [0.05, 0.1) is 7.11 Å². The SMILES string of the molecule is CNC(Cc1ccc(OC)nc1)Cc1cc(F)ccc1F. The van der Waals surface area contributed by atoms with Gasteiger partial charge in [0.25, 0.3) is 0 Å². The number of benzene rings is 1. The molecule has 2 aromatic rings. The molecule has 0 spiro atoms. The van der Waals surface area contributed by atoms with Gasteiger partial charge in [0.15, 0.2) is 0 Å². The molecule has 5 heteroatoms. The fraction of sp³-hybridized carbons (Fsp3) is 0.312. The topological polar surface area (TPSA) is 34.1 Å². The summed E-state index contributed by atoms with van der Waals surface area (Å²) in [6.45, 7) is 0. The van der Waals surface area contributed by atoms with Gasteiger partial charge in [0.2, 0.25) is 5.88 Å². The summed E-state index contributed by atoms with van der Waals surface area (Å²) in [5, 5.41) is 3.13. The van der Waals surface area contributed by atoms with Crippen LogP contribution in [-0.4, -0.2) is 25.2 Å². The van der Waals surface area contributed by atoms with Crippen molar-refractivity contribution in [3.8, 4) is 5.88 Å². The van der Waals surface area contributed by atoms with E-state index in [-0.39, 0.29) is 11.9 Å². The van der Waals surface area contributed by atoms with Gasteiger partial charge in [-0.1, -0.05) is 6.07 Å². The first-order valence-corrected chi connectivity index (χ1v) is 6.72. The Labute approximate surface area is 123 Å². The molecule has 1 heterocycles. The Kier molecular flexibility index (Phi) is 5.22. The molecule has 0 amide bonds. The number of rotatable bonds is 6. The van der Waals surface area contributed by atoms with Crippen molar-refractivity contribution in [2.45, 2.75) is 18.9 Å². The second-order valence-electron chi connectivity index (χ2n) is 4.84. The largest absolute Gasteiger partial charge is 0.481 e. The maximum absolute atomic E-state index is 13.7. The maximum atomic E-state index is 13.7. The van der Waals surface area contributed by atoms with Gasteiger partial charge in [0.1, 0.15) is 11.6 Å². The summed E-state index contributed by atoms with van der Waals surface area (Å²) >= 11 is 0. The Morgan fingerprint density at radius 1 is 1.19 bits per heavy atom. The Morgan fingerprint density at radius 3 is 2.62 bits per heavy atom. The molecule has 1 N–H and O–H groups in total. The molecule has 0 radical (unpaired) electrons. The van der Waals surface area contributed by atoms with Crippen LogP contribution in [0.4, 0.5) is 8.78 Å². The smallest absolute Gasteiger partial charge is 0.212 e. The van der Waals surface area contributed by atoms with E-state index < -0.39 is 5.82 Å². The van der Waals surface area contributed by atoms with E-state index in [1.165, 1.54) is 6.07 Å². The minimum Gasteiger partial charge on any atom is -0.481 e. The average Bonchev–Trinajstić information content (AvgIpc) is 2.51. The molecule has 2 rings (SSSR count). The van der Waals surface area contributed by atoms with Gasteiger partial charge in [-0.2, -0.15) is 0 Å². The van der Waals surface area contributed by atoms with E-state index in [0.717, 1.165) is 17.7 Å². The zero-order valence-corrected chi connectivity index (χ0v) is 12.1. The van der Waals surface area contributed by atoms with Crippen LogP contribution < -0.4 is 10.1 Å². The predicted octanol–water partition coefficient (Wildman–Crippen LogP) is 2.74. The van der Waals surface area contributed by atoms with E-state index in [1.807, 2.05) is 6.07 Å². The summed E-state index contributed by atoms with van der Waals surface area (Å²) in [5.74, 6) is -0.257. The zero-order chi connectivity index (χ0) is 15.2. The summed E-state index contributed by atoms with van der Waals surface area (Å²) in [7, 11) is 3.37. The van der Waals surface area contributed by atoms with Gasteiger partial charge >= 0.3 is 0 Å². The summed E-state index contributed by atoms with van der Waals surface area (Å²) < 4.78 is 31.9. The summed E-state index contributed by atoms with van der Waals surface area (Å²) in [6.07, 6.45) is 2.81. The van der Waals surface area contributed by atoms with Crippen LogP contribution in [-0.2, 0) is 12.8 Å². The fourth-order valence-corrected chi connectivity index (χ4v) is 2.18. The average molecular weight is 292 g/mol. The van der Waals surface area contributed by atoms with Crippen LogP contribution in [0.2, 0.25) is 0 Å². The van der Waals surface area contributed by atoms with Crippen molar-refractivity contribution in [3.63, 3.8) is 0 Å². The lowest BCUT2D eigenvalue weighted by atomic mass is 9.99. The van der Waals surface area contributed by atoms with E-state index in [9.17, 15) is 8.78 Å². The van der Waals surface area contributed by atoms with Crippen LogP contribution in [0.25, 0.3) is 0 Å². The van der Waals surface area contributed by atoms with Gasteiger partial charge in [-0.25, -0.2) is 13.8 Å². The number of methoxy groups -OCH3 is 1. The van der Waals surface area contributed by atoms with Crippen molar-refractivity contribution in [3.05, 3.63) is 59.3 Å². The number of hydrogen-bond acceptors (Lipinski definition) is 3. The number of nitrogens with zero attached hydrogens (tertiary/aromatic N) is 1. The lowest BCUT2D eigenvalue weighted by molar-refractivity contribution is 0.397. The highest BCUT2D eigenvalue weighted by molar-refractivity contribution is 5.22. The summed E-state index contributed by atoms with van der Waals surface area (Å²) in [5.41, 5.74) is 1.38. The number of ether oxygens (including phenoxy) is 1. The molecule has 112 valence electrons. The Morgan fingerprint density at radius 2 is 2.00 bits per heavy atom. The first-order valence-electron chi connectivity index (χ1n) is 6.72. The first kappa shape index (κ1) is 15.4. The molecule has 1 atom stereocenters. The van der Waals surface area contributed by atoms with Crippen LogP contribution in [0.1, 0.15) is 11.1 Å². The number of aromatic nitrogens is 1. The quantitative estimate of drug-likeness (QED) is 0.889. The molecule has 0 saturated carbocycles. The number of likely N-dealkylation sites (N-methyl/N-ethyl adjacent to an activating group) is 1. The molecule has 1 aromatic carbocycles.